The predicted molar refractivity (Wildman–Crippen MR) is 79.0 cm³/mol. The third kappa shape index (κ3) is 1.58. The van der Waals surface area contributed by atoms with Gasteiger partial charge in [-0.25, -0.2) is 0 Å². The first-order valence-corrected chi connectivity index (χ1v) is 7.38. The summed E-state index contributed by atoms with van der Waals surface area (Å²) in [5, 5.41) is 2.46. The molecular weight excluding hydrogens is 270 g/mol. The van der Waals surface area contributed by atoms with E-state index in [4.69, 9.17) is 4.42 Å². The molecule has 0 saturated heterocycles. The zero-order valence-electron chi connectivity index (χ0n) is 11.0. The lowest BCUT2D eigenvalue weighted by molar-refractivity contribution is -0.111. The van der Waals surface area contributed by atoms with Crippen molar-refractivity contribution in [2.75, 3.05) is 0 Å². The Hall–Kier alpha value is -1.94. The van der Waals surface area contributed by atoms with Crippen molar-refractivity contribution in [1.82, 2.24) is 4.57 Å². The number of thioether (sulfide) groups is 1. The fraction of sp³-hybridized carbons (Fsp3) is 0.188. The number of nitrogens with zero attached hydrogens (tertiary/aromatic N) is 1. The number of carbonyl (C=O) groups is 1. The molecule has 4 rings (SSSR count). The van der Waals surface area contributed by atoms with Gasteiger partial charge in [0.05, 0.1) is 17.2 Å². The van der Waals surface area contributed by atoms with E-state index < -0.39 is 0 Å². The van der Waals surface area contributed by atoms with Crippen molar-refractivity contribution in [3.05, 3.63) is 54.0 Å². The average Bonchev–Trinajstić information content (AvgIpc) is 3.07. The summed E-state index contributed by atoms with van der Waals surface area (Å²) in [6, 6.07) is 12.1. The van der Waals surface area contributed by atoms with Gasteiger partial charge in [-0.2, -0.15) is 0 Å². The molecule has 0 unspecified atom stereocenters. The maximum Gasteiger partial charge on any atom is 0.196 e. The quantitative estimate of drug-likeness (QED) is 0.679. The van der Waals surface area contributed by atoms with Gasteiger partial charge in [-0.3, -0.25) is 4.79 Å². The number of hydrogen-bond acceptors (Lipinski definition) is 3. The summed E-state index contributed by atoms with van der Waals surface area (Å²) in [5.74, 6) is 0.899. The lowest BCUT2D eigenvalue weighted by atomic mass is 9.93. The van der Waals surface area contributed by atoms with Crippen molar-refractivity contribution in [3.63, 3.8) is 0 Å². The number of benzene rings is 1. The van der Waals surface area contributed by atoms with Gasteiger partial charge in [0.25, 0.3) is 0 Å². The minimum Gasteiger partial charge on any atom is -0.469 e. The number of aromatic nitrogens is 1. The van der Waals surface area contributed by atoms with Gasteiger partial charge in [0, 0.05) is 29.9 Å². The molecule has 0 bridgehead atoms. The standard InChI is InChI=1S/C16H13NO2S/c1-17-12-6-3-2-5-10(12)15-11(13-7-4-8-19-13)9-14(18)20-16(15)17/h2-8,11H,9H2,1H3/t11-/m1/s1. The van der Waals surface area contributed by atoms with Crippen LogP contribution in [0, 0.1) is 0 Å². The van der Waals surface area contributed by atoms with Crippen LogP contribution in [0.4, 0.5) is 0 Å². The van der Waals surface area contributed by atoms with Crippen LogP contribution in [0.15, 0.2) is 52.1 Å². The lowest BCUT2D eigenvalue weighted by Crippen LogP contribution is -2.12. The van der Waals surface area contributed by atoms with Gasteiger partial charge >= 0.3 is 0 Å². The van der Waals surface area contributed by atoms with Gasteiger partial charge in [-0.1, -0.05) is 18.2 Å². The molecule has 100 valence electrons. The molecule has 0 N–H and O–H groups in total. The van der Waals surface area contributed by atoms with Gasteiger partial charge in [0.1, 0.15) is 5.76 Å². The van der Waals surface area contributed by atoms with E-state index in [9.17, 15) is 4.79 Å². The number of aryl methyl sites for hydroxylation is 1. The molecule has 2 aromatic heterocycles. The van der Waals surface area contributed by atoms with Crippen LogP contribution in [-0.2, 0) is 11.8 Å². The minimum absolute atomic E-state index is 0.0276. The molecule has 0 aliphatic carbocycles. The second-order valence-corrected chi connectivity index (χ2v) is 6.09. The zero-order valence-corrected chi connectivity index (χ0v) is 11.8. The van der Waals surface area contributed by atoms with E-state index in [0.717, 1.165) is 16.3 Å². The van der Waals surface area contributed by atoms with Gasteiger partial charge in [0.15, 0.2) is 5.12 Å². The van der Waals surface area contributed by atoms with Crippen molar-refractivity contribution < 1.29 is 9.21 Å². The highest BCUT2D eigenvalue weighted by Gasteiger charge is 2.33. The van der Waals surface area contributed by atoms with Crippen LogP contribution in [0.2, 0.25) is 0 Å². The van der Waals surface area contributed by atoms with Crippen LogP contribution in [-0.4, -0.2) is 9.68 Å². The Morgan fingerprint density at radius 3 is 2.90 bits per heavy atom. The van der Waals surface area contributed by atoms with E-state index >= 15 is 0 Å². The van der Waals surface area contributed by atoms with Crippen LogP contribution >= 0.6 is 11.8 Å². The Bertz CT molecular complexity index is 801. The highest BCUT2D eigenvalue weighted by molar-refractivity contribution is 8.13. The number of hydrogen-bond donors (Lipinski definition) is 0. The van der Waals surface area contributed by atoms with Gasteiger partial charge in [-0.15, -0.1) is 0 Å². The highest BCUT2D eigenvalue weighted by atomic mass is 32.2. The first kappa shape index (κ1) is 11.9. The SMILES string of the molecule is Cn1c2c(c3ccccc31)[C@@H](c1ccco1)CC(=O)S2. The van der Waals surface area contributed by atoms with E-state index in [1.807, 2.05) is 31.3 Å². The Morgan fingerprint density at radius 1 is 1.25 bits per heavy atom. The molecule has 0 spiro atoms. The monoisotopic (exact) mass is 283 g/mol. The minimum atomic E-state index is 0.0276. The summed E-state index contributed by atoms with van der Waals surface area (Å²) in [7, 11) is 2.02. The summed E-state index contributed by atoms with van der Waals surface area (Å²) in [6.07, 6.45) is 2.17. The molecule has 3 nitrogen and oxygen atoms in total. The summed E-state index contributed by atoms with van der Waals surface area (Å²) >= 11 is 1.35. The van der Waals surface area contributed by atoms with Crippen LogP contribution in [0.5, 0.6) is 0 Å². The average molecular weight is 283 g/mol. The fourth-order valence-electron chi connectivity index (χ4n) is 3.01. The molecule has 1 aliphatic rings. The molecule has 3 aromatic rings. The molecule has 3 heterocycles. The van der Waals surface area contributed by atoms with Crippen LogP contribution in [0.3, 0.4) is 0 Å². The Kier molecular flexibility index (Phi) is 2.54. The summed E-state index contributed by atoms with van der Waals surface area (Å²) in [6.45, 7) is 0. The van der Waals surface area contributed by atoms with Crippen molar-refractivity contribution in [2.24, 2.45) is 7.05 Å². The van der Waals surface area contributed by atoms with Crippen molar-refractivity contribution in [2.45, 2.75) is 17.4 Å². The van der Waals surface area contributed by atoms with Gasteiger partial charge in [0.2, 0.25) is 0 Å². The van der Waals surface area contributed by atoms with E-state index in [0.29, 0.717) is 6.42 Å². The van der Waals surface area contributed by atoms with Gasteiger partial charge in [-0.05, 0) is 30.0 Å². The first-order valence-electron chi connectivity index (χ1n) is 6.57. The predicted octanol–water partition coefficient (Wildman–Crippen LogP) is 3.93. The second-order valence-electron chi connectivity index (χ2n) is 5.04. The molecule has 20 heavy (non-hydrogen) atoms. The first-order chi connectivity index (χ1) is 9.75. The van der Waals surface area contributed by atoms with E-state index in [-0.39, 0.29) is 11.0 Å². The normalized spacial score (nSPS) is 18.4. The third-order valence-electron chi connectivity index (χ3n) is 3.91. The van der Waals surface area contributed by atoms with Crippen LogP contribution < -0.4 is 0 Å². The third-order valence-corrected chi connectivity index (χ3v) is 4.99. The maximum atomic E-state index is 12.1. The molecule has 4 heteroatoms. The second kappa shape index (κ2) is 4.28. The number of furan rings is 1. The number of para-hydroxylation sites is 1. The van der Waals surface area contributed by atoms with Gasteiger partial charge < -0.3 is 8.98 Å². The molecular formula is C16H13NO2S. The summed E-state index contributed by atoms with van der Waals surface area (Å²) in [5.41, 5.74) is 2.39. The van der Waals surface area contributed by atoms with E-state index in [2.05, 4.69) is 16.7 Å². The molecule has 0 amide bonds. The topological polar surface area (TPSA) is 35.1 Å². The smallest absolute Gasteiger partial charge is 0.196 e. The molecule has 1 aromatic carbocycles. The number of fused-ring (bicyclic) bond motifs is 3. The largest absolute Gasteiger partial charge is 0.469 e. The Balaban J connectivity index is 2.04. The zero-order chi connectivity index (χ0) is 13.7. The lowest BCUT2D eigenvalue weighted by Gasteiger charge is -2.20. The maximum absolute atomic E-state index is 12.1. The molecule has 1 atom stereocenters. The highest BCUT2D eigenvalue weighted by Crippen LogP contribution is 2.46. The summed E-state index contributed by atoms with van der Waals surface area (Å²) in [4.78, 5) is 12.1. The van der Waals surface area contributed by atoms with Crippen molar-refractivity contribution in [3.8, 4) is 0 Å². The number of rotatable bonds is 1. The number of carbonyl (C=O) groups excluding carboxylic acids is 1. The molecule has 0 saturated carbocycles. The van der Waals surface area contributed by atoms with E-state index in [1.165, 1.54) is 22.7 Å². The van der Waals surface area contributed by atoms with Crippen LogP contribution in [0.1, 0.15) is 23.7 Å². The molecule has 0 radical (unpaired) electrons. The van der Waals surface area contributed by atoms with Crippen LogP contribution in [0.25, 0.3) is 10.9 Å². The fourth-order valence-corrected chi connectivity index (χ4v) is 4.07. The summed E-state index contributed by atoms with van der Waals surface area (Å²) < 4.78 is 7.68. The van der Waals surface area contributed by atoms with E-state index in [1.54, 1.807) is 6.26 Å². The molecule has 0 fully saturated rings. The molecule has 1 aliphatic heterocycles. The Morgan fingerprint density at radius 2 is 2.10 bits per heavy atom. The van der Waals surface area contributed by atoms with Crippen molar-refractivity contribution >= 4 is 27.8 Å². The Labute approximate surface area is 120 Å². The van der Waals surface area contributed by atoms with Crippen molar-refractivity contribution in [1.29, 1.82) is 0 Å².